The van der Waals surface area contributed by atoms with Crippen molar-refractivity contribution in [3.63, 3.8) is 0 Å². The summed E-state index contributed by atoms with van der Waals surface area (Å²) >= 11 is 0. The Kier molecular flexibility index (Phi) is 5.55. The zero-order valence-corrected chi connectivity index (χ0v) is 11.9. The Morgan fingerprint density at radius 1 is 1.32 bits per heavy atom. The van der Waals surface area contributed by atoms with Crippen LogP contribution < -0.4 is 10.1 Å². The number of ether oxygens (including phenoxy) is 1. The molecule has 0 bridgehead atoms. The van der Waals surface area contributed by atoms with Gasteiger partial charge >= 0.3 is 0 Å². The van der Waals surface area contributed by atoms with E-state index in [0.717, 1.165) is 17.4 Å². The zero-order valence-electron chi connectivity index (χ0n) is 11.9. The van der Waals surface area contributed by atoms with Gasteiger partial charge in [0.05, 0.1) is 0 Å². The van der Waals surface area contributed by atoms with Crippen molar-refractivity contribution in [3.05, 3.63) is 28.8 Å². The van der Waals surface area contributed by atoms with Crippen molar-refractivity contribution in [2.45, 2.75) is 27.7 Å². The van der Waals surface area contributed by atoms with E-state index < -0.39 is 0 Å². The molecule has 1 rings (SSSR count). The quantitative estimate of drug-likeness (QED) is 0.801. The van der Waals surface area contributed by atoms with E-state index in [0.29, 0.717) is 23.8 Å². The molecule has 0 aromatic heterocycles. The van der Waals surface area contributed by atoms with Crippen LogP contribution in [0.4, 0.5) is 0 Å². The number of amides is 1. The molecule has 1 N–H and O–H groups in total. The molecule has 19 heavy (non-hydrogen) atoms. The van der Waals surface area contributed by atoms with E-state index >= 15 is 0 Å². The summed E-state index contributed by atoms with van der Waals surface area (Å²) in [6, 6.07) is 3.50. The molecule has 0 spiro atoms. The first-order valence-corrected chi connectivity index (χ1v) is 6.40. The second kappa shape index (κ2) is 6.92. The van der Waals surface area contributed by atoms with Crippen LogP contribution in [0.3, 0.4) is 0 Å². The Bertz CT molecular complexity index is 443. The molecule has 0 saturated carbocycles. The largest absolute Gasteiger partial charge is 0.483 e. The molecule has 4 heteroatoms. The van der Waals surface area contributed by atoms with E-state index in [-0.39, 0.29) is 12.5 Å². The molecule has 1 aromatic carbocycles. The number of hydrogen-bond donors (Lipinski definition) is 1. The molecule has 0 unspecified atom stereocenters. The second-order valence-electron chi connectivity index (χ2n) is 5.09. The van der Waals surface area contributed by atoms with Gasteiger partial charge in [0.2, 0.25) is 0 Å². The molecule has 4 nitrogen and oxygen atoms in total. The van der Waals surface area contributed by atoms with Crippen molar-refractivity contribution in [1.29, 1.82) is 0 Å². The van der Waals surface area contributed by atoms with Gasteiger partial charge in [-0.2, -0.15) is 0 Å². The third-order valence-corrected chi connectivity index (χ3v) is 2.67. The predicted molar refractivity (Wildman–Crippen MR) is 74.6 cm³/mol. The maximum atomic E-state index is 11.6. The molecule has 0 aliphatic heterocycles. The number of benzene rings is 1. The monoisotopic (exact) mass is 263 g/mol. The minimum Gasteiger partial charge on any atom is -0.483 e. The lowest BCUT2D eigenvalue weighted by atomic mass is 10.1. The summed E-state index contributed by atoms with van der Waals surface area (Å²) < 4.78 is 5.53. The number of carbonyl (C=O) groups excluding carboxylic acids is 2. The van der Waals surface area contributed by atoms with Gasteiger partial charge in [-0.1, -0.05) is 13.8 Å². The van der Waals surface area contributed by atoms with Crippen LogP contribution in [-0.2, 0) is 4.79 Å². The van der Waals surface area contributed by atoms with E-state index in [2.05, 4.69) is 5.32 Å². The minimum atomic E-state index is -0.132. The molecule has 104 valence electrons. The minimum absolute atomic E-state index is 0.00512. The van der Waals surface area contributed by atoms with E-state index in [4.69, 9.17) is 4.74 Å². The molecule has 1 amide bonds. The molecule has 0 atom stereocenters. The van der Waals surface area contributed by atoms with Gasteiger partial charge in [-0.15, -0.1) is 0 Å². The van der Waals surface area contributed by atoms with Gasteiger partial charge in [-0.25, -0.2) is 0 Å². The number of carbonyl (C=O) groups is 2. The lowest BCUT2D eigenvalue weighted by Crippen LogP contribution is -2.31. The van der Waals surface area contributed by atoms with Crippen LogP contribution in [-0.4, -0.2) is 25.3 Å². The van der Waals surface area contributed by atoms with Gasteiger partial charge in [-0.3, -0.25) is 9.59 Å². The fourth-order valence-corrected chi connectivity index (χ4v) is 1.79. The lowest BCUT2D eigenvalue weighted by molar-refractivity contribution is -0.123. The Balaban J connectivity index is 2.63. The molecule has 0 aliphatic rings. The first kappa shape index (κ1) is 15.2. The maximum absolute atomic E-state index is 11.6. The average molecular weight is 263 g/mol. The summed E-state index contributed by atoms with van der Waals surface area (Å²) in [6.07, 6.45) is 0.805. The lowest BCUT2D eigenvalue weighted by Gasteiger charge is -2.13. The molecular weight excluding hydrogens is 242 g/mol. The summed E-state index contributed by atoms with van der Waals surface area (Å²) in [7, 11) is 0. The van der Waals surface area contributed by atoms with Gasteiger partial charge < -0.3 is 10.1 Å². The van der Waals surface area contributed by atoms with Gasteiger partial charge in [0.25, 0.3) is 5.91 Å². The SMILES string of the molecule is Cc1cc(C=O)cc(C)c1OCC(=O)NCC(C)C. The normalized spacial score (nSPS) is 10.4. The van der Waals surface area contributed by atoms with Crippen molar-refractivity contribution in [2.24, 2.45) is 5.92 Å². The third-order valence-electron chi connectivity index (χ3n) is 2.67. The Morgan fingerprint density at radius 3 is 2.37 bits per heavy atom. The van der Waals surface area contributed by atoms with E-state index in [1.165, 1.54) is 0 Å². The molecule has 0 aliphatic carbocycles. The molecule has 0 saturated heterocycles. The van der Waals surface area contributed by atoms with E-state index in [1.54, 1.807) is 12.1 Å². The van der Waals surface area contributed by atoms with Gasteiger partial charge in [0.15, 0.2) is 6.61 Å². The number of aryl methyl sites for hydroxylation is 2. The first-order chi connectivity index (χ1) is 8.93. The van der Waals surface area contributed by atoms with Gasteiger partial charge in [0, 0.05) is 12.1 Å². The van der Waals surface area contributed by atoms with Crippen LogP contribution in [0.2, 0.25) is 0 Å². The highest BCUT2D eigenvalue weighted by atomic mass is 16.5. The molecule has 0 heterocycles. The summed E-state index contributed by atoms with van der Waals surface area (Å²) in [6.45, 7) is 8.43. The van der Waals surface area contributed by atoms with Crippen LogP contribution in [0.5, 0.6) is 5.75 Å². The Labute approximate surface area is 114 Å². The van der Waals surface area contributed by atoms with Crippen LogP contribution in [0, 0.1) is 19.8 Å². The molecule has 0 radical (unpaired) electrons. The Hall–Kier alpha value is -1.84. The van der Waals surface area contributed by atoms with Crippen molar-refractivity contribution < 1.29 is 14.3 Å². The average Bonchev–Trinajstić information content (AvgIpc) is 2.34. The first-order valence-electron chi connectivity index (χ1n) is 6.40. The number of hydrogen-bond acceptors (Lipinski definition) is 3. The highest BCUT2D eigenvalue weighted by molar-refractivity contribution is 5.78. The smallest absolute Gasteiger partial charge is 0.257 e. The molecule has 0 fully saturated rings. The van der Waals surface area contributed by atoms with Crippen molar-refractivity contribution in [2.75, 3.05) is 13.2 Å². The van der Waals surface area contributed by atoms with Crippen molar-refractivity contribution >= 4 is 12.2 Å². The van der Waals surface area contributed by atoms with Crippen LogP contribution in [0.25, 0.3) is 0 Å². The van der Waals surface area contributed by atoms with Crippen molar-refractivity contribution in [3.8, 4) is 5.75 Å². The third kappa shape index (κ3) is 4.73. The maximum Gasteiger partial charge on any atom is 0.257 e. The fourth-order valence-electron chi connectivity index (χ4n) is 1.79. The summed E-state index contributed by atoms with van der Waals surface area (Å²) in [5.74, 6) is 0.955. The topological polar surface area (TPSA) is 55.4 Å². The summed E-state index contributed by atoms with van der Waals surface area (Å²) in [5, 5.41) is 2.79. The summed E-state index contributed by atoms with van der Waals surface area (Å²) in [4.78, 5) is 22.3. The van der Waals surface area contributed by atoms with E-state index in [9.17, 15) is 9.59 Å². The van der Waals surface area contributed by atoms with Crippen LogP contribution >= 0.6 is 0 Å². The van der Waals surface area contributed by atoms with Crippen LogP contribution in [0.15, 0.2) is 12.1 Å². The summed E-state index contributed by atoms with van der Waals surface area (Å²) in [5.41, 5.74) is 2.34. The predicted octanol–water partition coefficient (Wildman–Crippen LogP) is 2.27. The number of nitrogens with one attached hydrogen (secondary N) is 1. The number of aldehydes is 1. The standard InChI is InChI=1S/C15H21NO3/c1-10(2)7-16-14(18)9-19-15-11(3)5-13(8-17)6-12(15)4/h5-6,8,10H,7,9H2,1-4H3,(H,16,18). The Morgan fingerprint density at radius 2 is 1.89 bits per heavy atom. The fraction of sp³-hybridized carbons (Fsp3) is 0.467. The van der Waals surface area contributed by atoms with E-state index in [1.807, 2.05) is 27.7 Å². The number of rotatable bonds is 6. The van der Waals surface area contributed by atoms with Crippen LogP contribution in [0.1, 0.15) is 35.3 Å². The highest BCUT2D eigenvalue weighted by Gasteiger charge is 2.09. The molecule has 1 aromatic rings. The van der Waals surface area contributed by atoms with Gasteiger partial charge in [0.1, 0.15) is 12.0 Å². The zero-order chi connectivity index (χ0) is 14.4. The van der Waals surface area contributed by atoms with Gasteiger partial charge in [-0.05, 0) is 43.0 Å². The highest BCUT2D eigenvalue weighted by Crippen LogP contribution is 2.24. The van der Waals surface area contributed by atoms with Crippen molar-refractivity contribution in [1.82, 2.24) is 5.32 Å². The molecular formula is C15H21NO3. The second-order valence-corrected chi connectivity index (χ2v) is 5.09.